The fraction of sp³-hybridized carbons (Fsp3) is 0.294. The minimum absolute atomic E-state index is 0.148. The summed E-state index contributed by atoms with van der Waals surface area (Å²) in [7, 11) is 0. The van der Waals surface area contributed by atoms with Gasteiger partial charge in [0, 0.05) is 19.1 Å². The van der Waals surface area contributed by atoms with Crippen LogP contribution in [0.3, 0.4) is 0 Å². The molecule has 0 bridgehead atoms. The van der Waals surface area contributed by atoms with Crippen molar-refractivity contribution in [1.29, 1.82) is 0 Å². The lowest BCUT2D eigenvalue weighted by atomic mass is 9.99. The van der Waals surface area contributed by atoms with Gasteiger partial charge in [-0.05, 0) is 36.2 Å². The van der Waals surface area contributed by atoms with E-state index in [0.29, 0.717) is 23.1 Å². The van der Waals surface area contributed by atoms with Gasteiger partial charge in [-0.25, -0.2) is 4.98 Å². The fourth-order valence-electron chi connectivity index (χ4n) is 2.56. The van der Waals surface area contributed by atoms with E-state index in [-0.39, 0.29) is 24.8 Å². The number of benzene rings is 1. The quantitative estimate of drug-likeness (QED) is 0.607. The summed E-state index contributed by atoms with van der Waals surface area (Å²) in [6.07, 6.45) is -4.06. The Hall–Kier alpha value is -3.01. The third-order valence-corrected chi connectivity index (χ3v) is 4.03. The van der Waals surface area contributed by atoms with Gasteiger partial charge in [-0.1, -0.05) is 12.1 Å². The zero-order chi connectivity index (χ0) is 19.4. The van der Waals surface area contributed by atoms with Gasteiger partial charge in [0.05, 0.1) is 5.56 Å². The highest BCUT2D eigenvalue weighted by Gasteiger charge is 2.30. The lowest BCUT2D eigenvalue weighted by Crippen LogP contribution is -2.32. The summed E-state index contributed by atoms with van der Waals surface area (Å²) in [6, 6.07) is 7.84. The van der Waals surface area contributed by atoms with Gasteiger partial charge >= 0.3 is 6.18 Å². The summed E-state index contributed by atoms with van der Waals surface area (Å²) in [5, 5.41) is 22.2. The Morgan fingerprint density at radius 3 is 2.56 bits per heavy atom. The zero-order valence-corrected chi connectivity index (χ0v) is 14.0. The lowest BCUT2D eigenvalue weighted by molar-refractivity contribution is -0.137. The number of aromatic nitrogens is 4. The molecule has 10 heteroatoms. The van der Waals surface area contributed by atoms with Crippen LogP contribution in [-0.4, -0.2) is 44.6 Å². The molecular formula is C17H16F3N5O2. The number of hydrogen-bond acceptors (Lipinski definition) is 5. The second kappa shape index (κ2) is 7.70. The Kier molecular flexibility index (Phi) is 5.36. The summed E-state index contributed by atoms with van der Waals surface area (Å²) < 4.78 is 37.8. The number of amides is 1. The second-order valence-electron chi connectivity index (χ2n) is 6.02. The number of H-pyrrole nitrogens is 1. The highest BCUT2D eigenvalue weighted by Crippen LogP contribution is 2.29. The summed E-state index contributed by atoms with van der Waals surface area (Å²) >= 11 is 0. The van der Waals surface area contributed by atoms with Crippen LogP contribution in [-0.2, 0) is 12.6 Å². The summed E-state index contributed by atoms with van der Waals surface area (Å²) in [5.41, 5.74) is 0.906. The van der Waals surface area contributed by atoms with Crippen LogP contribution in [0.4, 0.5) is 13.2 Å². The maximum atomic E-state index is 12.6. The van der Waals surface area contributed by atoms with Crippen LogP contribution in [0, 0.1) is 5.92 Å². The number of carbonyl (C=O) groups is 1. The van der Waals surface area contributed by atoms with Gasteiger partial charge in [-0.2, -0.15) is 23.5 Å². The molecular weight excluding hydrogens is 363 g/mol. The van der Waals surface area contributed by atoms with Gasteiger partial charge in [-0.15, -0.1) is 5.10 Å². The molecule has 3 rings (SSSR count). The minimum atomic E-state index is -4.39. The standard InChI is InChI=1S/C17H16F3N5O2/c18-17(19,20)12-3-1-10(2-4-12)7-11(9-26)8-21-16(27)14-6-5-13-15(22-14)24-25-23-13/h1-6,11,26H,7-9H2,(H,21,27)(H,22,23,24,25). The first-order valence-corrected chi connectivity index (χ1v) is 8.09. The van der Waals surface area contributed by atoms with E-state index in [1.807, 2.05) is 0 Å². The maximum absolute atomic E-state index is 12.6. The molecule has 3 aromatic rings. The van der Waals surface area contributed by atoms with Gasteiger partial charge in [-0.3, -0.25) is 4.79 Å². The number of rotatable bonds is 6. The van der Waals surface area contributed by atoms with Crippen molar-refractivity contribution in [1.82, 2.24) is 25.7 Å². The molecule has 1 unspecified atom stereocenters. The molecule has 1 atom stereocenters. The Labute approximate surface area is 151 Å². The van der Waals surface area contributed by atoms with Crippen LogP contribution in [0.25, 0.3) is 11.2 Å². The Morgan fingerprint density at radius 1 is 1.15 bits per heavy atom. The van der Waals surface area contributed by atoms with Crippen molar-refractivity contribution in [2.45, 2.75) is 12.6 Å². The van der Waals surface area contributed by atoms with Crippen LogP contribution in [0.15, 0.2) is 36.4 Å². The molecule has 0 aliphatic rings. The Bertz CT molecular complexity index is 924. The zero-order valence-electron chi connectivity index (χ0n) is 14.0. The molecule has 27 heavy (non-hydrogen) atoms. The molecule has 2 aromatic heterocycles. The molecule has 0 fully saturated rings. The van der Waals surface area contributed by atoms with Gasteiger partial charge in [0.2, 0.25) is 5.65 Å². The first-order valence-electron chi connectivity index (χ1n) is 8.09. The number of halogens is 3. The summed E-state index contributed by atoms with van der Waals surface area (Å²) in [4.78, 5) is 16.3. The van der Waals surface area contributed by atoms with Crippen molar-refractivity contribution in [3.63, 3.8) is 0 Å². The van der Waals surface area contributed by atoms with Gasteiger partial charge in [0.25, 0.3) is 5.91 Å². The number of alkyl halides is 3. The van der Waals surface area contributed by atoms with Crippen molar-refractivity contribution in [3.05, 3.63) is 53.2 Å². The van der Waals surface area contributed by atoms with E-state index in [1.54, 1.807) is 6.07 Å². The molecule has 0 radical (unpaired) electrons. The number of fused-ring (bicyclic) bond motifs is 1. The van der Waals surface area contributed by atoms with E-state index in [0.717, 1.165) is 12.1 Å². The first kappa shape index (κ1) is 18.8. The molecule has 0 spiro atoms. The third kappa shape index (κ3) is 4.59. The monoisotopic (exact) mass is 379 g/mol. The van der Waals surface area contributed by atoms with Crippen LogP contribution in [0.1, 0.15) is 21.6 Å². The molecule has 1 amide bonds. The van der Waals surface area contributed by atoms with Crippen molar-refractivity contribution < 1.29 is 23.1 Å². The molecule has 142 valence electrons. The van der Waals surface area contributed by atoms with Crippen molar-refractivity contribution in [2.75, 3.05) is 13.2 Å². The summed E-state index contributed by atoms with van der Waals surface area (Å²) in [5.74, 6) is -0.785. The Morgan fingerprint density at radius 2 is 1.89 bits per heavy atom. The van der Waals surface area contributed by atoms with Crippen molar-refractivity contribution >= 4 is 17.1 Å². The van der Waals surface area contributed by atoms with Gasteiger partial charge in [0.15, 0.2) is 0 Å². The van der Waals surface area contributed by atoms with E-state index in [4.69, 9.17) is 0 Å². The van der Waals surface area contributed by atoms with Crippen molar-refractivity contribution in [2.24, 2.45) is 5.92 Å². The molecule has 3 N–H and O–H groups in total. The number of aromatic amines is 1. The lowest BCUT2D eigenvalue weighted by Gasteiger charge is -2.15. The minimum Gasteiger partial charge on any atom is -0.396 e. The molecule has 0 aliphatic carbocycles. The number of aliphatic hydroxyl groups excluding tert-OH is 1. The fourth-order valence-corrected chi connectivity index (χ4v) is 2.56. The van der Waals surface area contributed by atoms with E-state index >= 15 is 0 Å². The van der Waals surface area contributed by atoms with Gasteiger partial charge < -0.3 is 10.4 Å². The largest absolute Gasteiger partial charge is 0.416 e. The number of nitrogens with one attached hydrogen (secondary N) is 2. The number of pyridine rings is 1. The van der Waals surface area contributed by atoms with E-state index in [1.165, 1.54) is 18.2 Å². The van der Waals surface area contributed by atoms with E-state index in [9.17, 15) is 23.1 Å². The normalized spacial score (nSPS) is 12.9. The SMILES string of the molecule is O=C(NCC(CO)Cc1ccc(C(F)(F)F)cc1)c1ccc2n[nH]nc2n1. The first-order chi connectivity index (χ1) is 12.9. The third-order valence-electron chi connectivity index (χ3n) is 4.03. The second-order valence-corrected chi connectivity index (χ2v) is 6.02. The van der Waals surface area contributed by atoms with Crippen molar-refractivity contribution in [3.8, 4) is 0 Å². The molecule has 0 saturated heterocycles. The smallest absolute Gasteiger partial charge is 0.396 e. The Balaban J connectivity index is 1.59. The molecule has 0 aliphatic heterocycles. The maximum Gasteiger partial charge on any atom is 0.416 e. The number of hydrogen-bond donors (Lipinski definition) is 3. The molecule has 1 aromatic carbocycles. The van der Waals surface area contributed by atoms with Crippen LogP contribution in [0.5, 0.6) is 0 Å². The number of aliphatic hydroxyl groups is 1. The average Bonchev–Trinajstić information content (AvgIpc) is 3.12. The molecule has 7 nitrogen and oxygen atoms in total. The summed E-state index contributed by atoms with van der Waals surface area (Å²) in [6.45, 7) is -0.0774. The predicted molar refractivity (Wildman–Crippen MR) is 89.7 cm³/mol. The number of carbonyl (C=O) groups excluding carboxylic acids is 1. The predicted octanol–water partition coefficient (Wildman–Crippen LogP) is 1.95. The molecule has 0 saturated carbocycles. The van der Waals surface area contributed by atoms with E-state index < -0.39 is 17.6 Å². The number of nitrogens with zero attached hydrogens (tertiary/aromatic N) is 3. The highest BCUT2D eigenvalue weighted by molar-refractivity contribution is 5.93. The van der Waals surface area contributed by atoms with E-state index in [2.05, 4.69) is 25.7 Å². The average molecular weight is 379 g/mol. The van der Waals surface area contributed by atoms with Gasteiger partial charge in [0.1, 0.15) is 11.2 Å². The topological polar surface area (TPSA) is 104 Å². The molecule has 2 heterocycles. The van der Waals surface area contributed by atoms with Crippen LogP contribution in [0.2, 0.25) is 0 Å². The van der Waals surface area contributed by atoms with Crippen LogP contribution < -0.4 is 5.32 Å². The highest BCUT2D eigenvalue weighted by atomic mass is 19.4. The van der Waals surface area contributed by atoms with Crippen LogP contribution >= 0.6 is 0 Å².